The molecule has 3 aromatic rings. The second-order valence-electron chi connectivity index (χ2n) is 7.99. The van der Waals surface area contributed by atoms with Crippen LogP contribution in [0, 0.1) is 5.82 Å². The molecule has 0 atom stereocenters. The molecule has 7 heteroatoms. The lowest BCUT2D eigenvalue weighted by atomic mass is 9.84. The molecule has 1 spiro atoms. The van der Waals surface area contributed by atoms with Crippen LogP contribution >= 0.6 is 11.6 Å². The molecule has 1 aromatic heterocycles. The van der Waals surface area contributed by atoms with Crippen molar-refractivity contribution in [3.8, 4) is 5.75 Å². The number of carbonyl (C=O) groups excluding carboxylic acids is 1. The molecule has 29 heavy (non-hydrogen) atoms. The standard InChI is InChI=1S/C22H21ClFN3O2/c1-26-11-18(23)17-8-14(2-4-19(17)26)10-25-21(28)27-12-22(13-27)7-6-15-9-16(24)3-5-20(15)29-22/h2-5,8-9,11H,6-7,10,12-13H2,1H3,(H,25,28). The predicted octanol–water partition coefficient (Wildman–Crippen LogP) is 4.26. The van der Waals surface area contributed by atoms with Gasteiger partial charge in [-0.2, -0.15) is 0 Å². The van der Waals surface area contributed by atoms with Gasteiger partial charge < -0.3 is 19.5 Å². The van der Waals surface area contributed by atoms with Crippen molar-refractivity contribution in [1.82, 2.24) is 14.8 Å². The Balaban J connectivity index is 1.19. The number of ether oxygens (including phenoxy) is 1. The first-order valence-corrected chi connectivity index (χ1v) is 10.0. The third kappa shape index (κ3) is 3.21. The second kappa shape index (κ2) is 6.66. The second-order valence-corrected chi connectivity index (χ2v) is 8.40. The van der Waals surface area contributed by atoms with Gasteiger partial charge in [-0.1, -0.05) is 17.7 Å². The highest BCUT2D eigenvalue weighted by Gasteiger charge is 2.49. The maximum Gasteiger partial charge on any atom is 0.317 e. The zero-order valence-electron chi connectivity index (χ0n) is 16.0. The number of urea groups is 1. The van der Waals surface area contributed by atoms with Crippen LogP contribution in [-0.2, 0) is 20.0 Å². The van der Waals surface area contributed by atoms with Crippen molar-refractivity contribution in [1.29, 1.82) is 0 Å². The average molecular weight is 414 g/mol. The third-order valence-electron chi connectivity index (χ3n) is 5.89. The van der Waals surface area contributed by atoms with E-state index in [1.807, 2.05) is 36.0 Å². The Bertz CT molecular complexity index is 1120. The first-order chi connectivity index (χ1) is 13.9. The summed E-state index contributed by atoms with van der Waals surface area (Å²) in [6.07, 6.45) is 3.43. The Morgan fingerprint density at radius 1 is 1.28 bits per heavy atom. The van der Waals surface area contributed by atoms with Crippen molar-refractivity contribution >= 4 is 28.5 Å². The van der Waals surface area contributed by atoms with Gasteiger partial charge in [0, 0.05) is 30.7 Å². The number of aromatic nitrogens is 1. The molecule has 2 aliphatic rings. The maximum atomic E-state index is 13.4. The molecular formula is C22H21ClFN3O2. The van der Waals surface area contributed by atoms with Gasteiger partial charge in [-0.3, -0.25) is 0 Å². The summed E-state index contributed by atoms with van der Waals surface area (Å²) in [7, 11) is 1.96. The number of rotatable bonds is 2. The minimum absolute atomic E-state index is 0.108. The molecule has 5 nitrogen and oxygen atoms in total. The molecule has 0 unspecified atom stereocenters. The van der Waals surface area contributed by atoms with Crippen molar-refractivity contribution in [3.63, 3.8) is 0 Å². The van der Waals surface area contributed by atoms with Crippen LogP contribution in [0.15, 0.2) is 42.6 Å². The molecule has 1 fully saturated rings. The monoisotopic (exact) mass is 413 g/mol. The fourth-order valence-electron chi connectivity index (χ4n) is 4.30. The number of hydrogen-bond acceptors (Lipinski definition) is 2. The van der Waals surface area contributed by atoms with Gasteiger partial charge >= 0.3 is 6.03 Å². The molecule has 2 aromatic carbocycles. The van der Waals surface area contributed by atoms with Crippen molar-refractivity contribution in [3.05, 3.63) is 64.6 Å². The van der Waals surface area contributed by atoms with Crippen LogP contribution in [-0.4, -0.2) is 34.2 Å². The zero-order valence-corrected chi connectivity index (χ0v) is 16.8. The van der Waals surface area contributed by atoms with Crippen molar-refractivity contribution < 1.29 is 13.9 Å². The molecule has 1 N–H and O–H groups in total. The van der Waals surface area contributed by atoms with Gasteiger partial charge in [-0.15, -0.1) is 0 Å². The van der Waals surface area contributed by atoms with E-state index in [1.54, 1.807) is 11.0 Å². The van der Waals surface area contributed by atoms with E-state index < -0.39 is 0 Å². The average Bonchev–Trinajstić information content (AvgIpc) is 2.97. The summed E-state index contributed by atoms with van der Waals surface area (Å²) in [4.78, 5) is 14.3. The maximum absolute atomic E-state index is 13.4. The van der Waals surface area contributed by atoms with E-state index in [1.165, 1.54) is 12.1 Å². The molecule has 0 radical (unpaired) electrons. The fourth-order valence-corrected chi connectivity index (χ4v) is 4.59. The van der Waals surface area contributed by atoms with Gasteiger partial charge in [0.2, 0.25) is 0 Å². The summed E-state index contributed by atoms with van der Waals surface area (Å²) in [6.45, 7) is 1.52. The number of nitrogens with zero attached hydrogens (tertiary/aromatic N) is 2. The van der Waals surface area contributed by atoms with Gasteiger partial charge in [0.05, 0.1) is 18.1 Å². The van der Waals surface area contributed by atoms with E-state index in [9.17, 15) is 9.18 Å². The molecule has 0 saturated carbocycles. The van der Waals surface area contributed by atoms with Crippen LogP contribution in [0.5, 0.6) is 5.75 Å². The molecule has 150 valence electrons. The topological polar surface area (TPSA) is 46.5 Å². The first kappa shape index (κ1) is 18.3. The Labute approximate surface area is 173 Å². The van der Waals surface area contributed by atoms with Crippen molar-refractivity contribution in [2.45, 2.75) is 25.0 Å². The summed E-state index contributed by atoms with van der Waals surface area (Å²) in [6, 6.07) is 10.5. The fraction of sp³-hybridized carbons (Fsp3) is 0.318. The minimum atomic E-state index is -0.349. The molecule has 3 heterocycles. The highest BCUT2D eigenvalue weighted by molar-refractivity contribution is 6.35. The highest BCUT2D eigenvalue weighted by Crippen LogP contribution is 2.39. The van der Waals surface area contributed by atoms with E-state index in [4.69, 9.17) is 16.3 Å². The summed E-state index contributed by atoms with van der Waals surface area (Å²) in [5.74, 6) is 0.485. The molecule has 5 rings (SSSR count). The number of hydrogen-bond donors (Lipinski definition) is 1. The van der Waals surface area contributed by atoms with Crippen LogP contribution in [0.3, 0.4) is 0 Å². The van der Waals surface area contributed by atoms with E-state index in [-0.39, 0.29) is 17.4 Å². The van der Waals surface area contributed by atoms with E-state index in [0.717, 1.165) is 40.6 Å². The predicted molar refractivity (Wildman–Crippen MR) is 110 cm³/mol. The molecular weight excluding hydrogens is 393 g/mol. The number of likely N-dealkylation sites (tertiary alicyclic amines) is 1. The van der Waals surface area contributed by atoms with E-state index >= 15 is 0 Å². The number of carbonyl (C=O) groups is 1. The largest absolute Gasteiger partial charge is 0.483 e. The molecule has 1 saturated heterocycles. The molecule has 2 aliphatic heterocycles. The van der Waals surface area contributed by atoms with E-state index in [2.05, 4.69) is 5.32 Å². The normalized spacial score (nSPS) is 17.0. The Morgan fingerprint density at radius 3 is 2.93 bits per heavy atom. The third-order valence-corrected chi connectivity index (χ3v) is 6.19. The Morgan fingerprint density at radius 2 is 2.10 bits per heavy atom. The highest BCUT2D eigenvalue weighted by atomic mass is 35.5. The van der Waals surface area contributed by atoms with Crippen LogP contribution < -0.4 is 10.1 Å². The van der Waals surface area contributed by atoms with Gasteiger partial charge in [0.1, 0.15) is 17.2 Å². The lowest BCUT2D eigenvalue weighted by molar-refractivity contribution is -0.0678. The van der Waals surface area contributed by atoms with Crippen LogP contribution in [0.25, 0.3) is 10.9 Å². The minimum Gasteiger partial charge on any atom is -0.483 e. The van der Waals surface area contributed by atoms with Gasteiger partial charge in [-0.05, 0) is 54.3 Å². The quantitative estimate of drug-likeness (QED) is 0.682. The lowest BCUT2D eigenvalue weighted by Crippen LogP contribution is -2.68. The number of halogens is 2. The molecule has 0 aliphatic carbocycles. The van der Waals surface area contributed by atoms with Gasteiger partial charge in [-0.25, -0.2) is 9.18 Å². The van der Waals surface area contributed by atoms with Gasteiger partial charge in [0.15, 0.2) is 0 Å². The lowest BCUT2D eigenvalue weighted by Gasteiger charge is -2.51. The number of aryl methyl sites for hydroxylation is 2. The number of fused-ring (bicyclic) bond motifs is 2. The zero-order chi connectivity index (χ0) is 20.2. The Kier molecular flexibility index (Phi) is 4.21. The smallest absolute Gasteiger partial charge is 0.317 e. The summed E-state index contributed by atoms with van der Waals surface area (Å²) >= 11 is 6.27. The van der Waals surface area contributed by atoms with Crippen LogP contribution in [0.2, 0.25) is 5.02 Å². The molecule has 0 bridgehead atoms. The summed E-state index contributed by atoms with van der Waals surface area (Å²) in [5.41, 5.74) is 2.61. The summed E-state index contributed by atoms with van der Waals surface area (Å²) < 4.78 is 21.5. The SMILES string of the molecule is Cn1cc(Cl)c2cc(CNC(=O)N3CC4(CCc5cc(F)ccc5O4)C3)ccc21. The molecule has 2 amide bonds. The first-order valence-electron chi connectivity index (χ1n) is 9.66. The number of nitrogens with one attached hydrogen (secondary N) is 1. The van der Waals surface area contributed by atoms with Crippen molar-refractivity contribution in [2.75, 3.05) is 13.1 Å². The Hall–Kier alpha value is -2.73. The summed E-state index contributed by atoms with van der Waals surface area (Å²) in [5, 5.41) is 4.66. The number of amides is 2. The van der Waals surface area contributed by atoms with Gasteiger partial charge in [0.25, 0.3) is 0 Å². The van der Waals surface area contributed by atoms with Crippen molar-refractivity contribution in [2.24, 2.45) is 7.05 Å². The van der Waals surface area contributed by atoms with E-state index in [0.29, 0.717) is 24.7 Å². The van der Waals surface area contributed by atoms with Crippen LogP contribution in [0.4, 0.5) is 9.18 Å². The van der Waals surface area contributed by atoms with Crippen LogP contribution in [0.1, 0.15) is 17.5 Å². The number of benzene rings is 2.